The van der Waals surface area contributed by atoms with E-state index in [0.29, 0.717) is 56.1 Å². The minimum absolute atomic E-state index is 0.173. The number of rotatable bonds is 6. The number of ether oxygens (including phenoxy) is 1. The fraction of sp³-hybridized carbons (Fsp3) is 0.559. The molecule has 0 spiro atoms. The van der Waals surface area contributed by atoms with E-state index in [1.54, 1.807) is 18.2 Å². The first-order chi connectivity index (χ1) is 20.9. The van der Waals surface area contributed by atoms with Crippen molar-refractivity contribution in [3.8, 4) is 11.6 Å². The second kappa shape index (κ2) is 10.5. The van der Waals surface area contributed by atoms with E-state index in [2.05, 4.69) is 26.1 Å². The Kier molecular flexibility index (Phi) is 6.67. The maximum absolute atomic E-state index is 15.0. The molecule has 1 aromatic heterocycles. The number of aryl methyl sites for hydroxylation is 1. The SMILES string of the molecule is CCc1c(F)ccc2cc(O)cc(N3CCc4c(N5CC6CCC(C5)N6)cc(OC[C@@]56CCCN5C[C@H](F)C6)nc4C3)c12. The van der Waals surface area contributed by atoms with Crippen LogP contribution in [-0.2, 0) is 19.4 Å². The van der Waals surface area contributed by atoms with Gasteiger partial charge in [0.2, 0.25) is 5.88 Å². The van der Waals surface area contributed by atoms with E-state index in [-0.39, 0.29) is 17.1 Å². The first kappa shape index (κ1) is 27.4. The van der Waals surface area contributed by atoms with Crippen molar-refractivity contribution in [3.63, 3.8) is 0 Å². The van der Waals surface area contributed by atoms with E-state index >= 15 is 0 Å². The number of aromatic hydroxyl groups is 1. The third kappa shape index (κ3) is 4.70. The van der Waals surface area contributed by atoms with Crippen LogP contribution in [0.1, 0.15) is 55.8 Å². The summed E-state index contributed by atoms with van der Waals surface area (Å²) in [5, 5.41) is 16.1. The summed E-state index contributed by atoms with van der Waals surface area (Å²) in [7, 11) is 0. The van der Waals surface area contributed by atoms with Crippen LogP contribution in [0.3, 0.4) is 0 Å². The summed E-state index contributed by atoms with van der Waals surface area (Å²) >= 11 is 0. The van der Waals surface area contributed by atoms with E-state index in [9.17, 15) is 13.9 Å². The number of phenols is 1. The second-order valence-electron chi connectivity index (χ2n) is 13.4. The quantitative estimate of drug-likeness (QED) is 0.415. The molecule has 8 rings (SSSR count). The number of aromatic nitrogens is 1. The number of pyridine rings is 1. The smallest absolute Gasteiger partial charge is 0.215 e. The predicted octanol–water partition coefficient (Wildman–Crippen LogP) is 5.10. The maximum Gasteiger partial charge on any atom is 0.215 e. The highest BCUT2D eigenvalue weighted by atomic mass is 19.1. The molecule has 2 bridgehead atoms. The number of halogens is 2. The Morgan fingerprint density at radius 2 is 1.91 bits per heavy atom. The minimum atomic E-state index is -0.796. The standard InChI is InChI=1S/C34H41F2N5O2/c1-2-26-28(36)7-4-21-12-25(42)13-31(33(21)26)39-11-8-27-29(19-39)38-32(14-30(27)40-17-23-5-6-24(18-40)37-23)43-20-34-9-3-10-41(34)16-22(35)15-34/h4,7,12-14,22-24,37,42H,2-3,5-6,8-11,15-20H2,1H3/t22-,23?,24?,34+/m1/s1. The molecule has 0 aliphatic carbocycles. The molecule has 9 heteroatoms. The van der Waals surface area contributed by atoms with Crippen molar-refractivity contribution in [1.29, 1.82) is 0 Å². The van der Waals surface area contributed by atoms with Crippen molar-refractivity contribution < 1.29 is 18.6 Å². The highest BCUT2D eigenvalue weighted by Crippen LogP contribution is 2.42. The van der Waals surface area contributed by atoms with Gasteiger partial charge in [-0.2, -0.15) is 0 Å². The van der Waals surface area contributed by atoms with E-state index < -0.39 is 6.17 Å². The van der Waals surface area contributed by atoms with Gasteiger partial charge in [-0.05, 0) is 68.2 Å². The van der Waals surface area contributed by atoms with Crippen molar-refractivity contribution in [3.05, 3.63) is 53.0 Å². The molecule has 5 aliphatic heterocycles. The number of nitrogens with one attached hydrogen (secondary N) is 1. The lowest BCUT2D eigenvalue weighted by atomic mass is 9.95. The Morgan fingerprint density at radius 3 is 2.72 bits per heavy atom. The number of phenolic OH excluding ortho intramolecular Hbond substituents is 1. The molecule has 7 nitrogen and oxygen atoms in total. The van der Waals surface area contributed by atoms with Crippen LogP contribution < -0.4 is 19.9 Å². The van der Waals surface area contributed by atoms with Crippen LogP contribution in [0.15, 0.2) is 30.3 Å². The number of benzene rings is 2. The lowest BCUT2D eigenvalue weighted by Crippen LogP contribution is -2.51. The molecule has 2 unspecified atom stereocenters. The molecule has 5 aliphatic rings. The Hall–Kier alpha value is -3.17. The maximum atomic E-state index is 15.0. The molecule has 4 atom stereocenters. The average Bonchev–Trinajstić information content (AvgIpc) is 3.65. The fourth-order valence-electron chi connectivity index (χ4n) is 8.78. The summed E-state index contributed by atoms with van der Waals surface area (Å²) < 4.78 is 36.0. The van der Waals surface area contributed by atoms with Crippen LogP contribution in [0.2, 0.25) is 0 Å². The summed E-state index contributed by atoms with van der Waals surface area (Å²) in [5.41, 5.74) is 4.69. The summed E-state index contributed by atoms with van der Waals surface area (Å²) in [5.74, 6) is 0.560. The number of hydrogen-bond donors (Lipinski definition) is 2. The summed E-state index contributed by atoms with van der Waals surface area (Å²) in [4.78, 5) is 12.1. The van der Waals surface area contributed by atoms with Crippen LogP contribution in [0.5, 0.6) is 11.6 Å². The molecular weight excluding hydrogens is 548 g/mol. The molecule has 3 aromatic rings. The number of piperazine rings is 1. The van der Waals surface area contributed by atoms with Gasteiger partial charge in [0.05, 0.1) is 17.8 Å². The molecule has 4 saturated heterocycles. The molecule has 0 saturated carbocycles. The molecule has 0 amide bonds. The number of nitrogens with zero attached hydrogens (tertiary/aromatic N) is 4. The lowest BCUT2D eigenvalue weighted by Gasteiger charge is -2.39. The first-order valence-corrected chi connectivity index (χ1v) is 16.1. The predicted molar refractivity (Wildman–Crippen MR) is 165 cm³/mol. The zero-order valence-corrected chi connectivity index (χ0v) is 24.9. The normalized spacial score (nSPS) is 28.5. The van der Waals surface area contributed by atoms with E-state index in [1.165, 1.54) is 30.2 Å². The topological polar surface area (TPSA) is 64.1 Å². The Bertz CT molecular complexity index is 1560. The number of anilines is 2. The monoisotopic (exact) mass is 589 g/mol. The fourth-order valence-corrected chi connectivity index (χ4v) is 8.78. The molecule has 0 radical (unpaired) electrons. The molecule has 2 aromatic carbocycles. The lowest BCUT2D eigenvalue weighted by molar-refractivity contribution is 0.110. The van der Waals surface area contributed by atoms with Gasteiger partial charge in [-0.1, -0.05) is 13.0 Å². The average molecular weight is 590 g/mol. The minimum Gasteiger partial charge on any atom is -0.508 e. The van der Waals surface area contributed by atoms with Crippen molar-refractivity contribution in [1.82, 2.24) is 15.2 Å². The van der Waals surface area contributed by atoms with Gasteiger partial charge in [-0.15, -0.1) is 0 Å². The molecule has 2 N–H and O–H groups in total. The summed E-state index contributed by atoms with van der Waals surface area (Å²) in [6.45, 7) is 7.08. The molecular formula is C34H41F2N5O2. The van der Waals surface area contributed by atoms with Gasteiger partial charge in [-0.25, -0.2) is 13.8 Å². The second-order valence-corrected chi connectivity index (χ2v) is 13.4. The number of fused-ring (bicyclic) bond motifs is 5. The van der Waals surface area contributed by atoms with Gasteiger partial charge >= 0.3 is 0 Å². The van der Waals surface area contributed by atoms with Gasteiger partial charge in [-0.3, -0.25) is 4.90 Å². The Labute approximate surface area is 251 Å². The third-order valence-corrected chi connectivity index (χ3v) is 10.8. The van der Waals surface area contributed by atoms with Gasteiger partial charge in [0.15, 0.2) is 0 Å². The number of hydrogen-bond acceptors (Lipinski definition) is 7. The van der Waals surface area contributed by atoms with Crippen LogP contribution in [0, 0.1) is 5.82 Å². The highest BCUT2D eigenvalue weighted by molar-refractivity contribution is 5.98. The Balaban J connectivity index is 1.16. The van der Waals surface area contributed by atoms with Crippen LogP contribution in [-0.4, -0.2) is 78.1 Å². The zero-order valence-electron chi connectivity index (χ0n) is 24.9. The third-order valence-electron chi connectivity index (χ3n) is 10.8. The zero-order chi connectivity index (χ0) is 29.3. The number of alkyl halides is 1. The van der Waals surface area contributed by atoms with Crippen molar-refractivity contribution in [2.24, 2.45) is 0 Å². The van der Waals surface area contributed by atoms with Crippen LogP contribution in [0.4, 0.5) is 20.2 Å². The van der Waals surface area contributed by atoms with E-state index in [1.807, 2.05) is 6.92 Å². The van der Waals surface area contributed by atoms with Gasteiger partial charge in [0.1, 0.15) is 24.3 Å². The largest absolute Gasteiger partial charge is 0.508 e. The van der Waals surface area contributed by atoms with E-state index in [4.69, 9.17) is 9.72 Å². The van der Waals surface area contributed by atoms with Gasteiger partial charge < -0.3 is 25.0 Å². The summed E-state index contributed by atoms with van der Waals surface area (Å²) in [6.07, 6.45) is 5.54. The van der Waals surface area contributed by atoms with Crippen molar-refractivity contribution >= 4 is 22.1 Å². The van der Waals surface area contributed by atoms with E-state index in [0.717, 1.165) is 67.6 Å². The van der Waals surface area contributed by atoms with Crippen LogP contribution >= 0.6 is 0 Å². The van der Waals surface area contributed by atoms with Crippen molar-refractivity contribution in [2.45, 2.75) is 82.2 Å². The van der Waals surface area contributed by atoms with Gasteiger partial charge in [0.25, 0.3) is 0 Å². The molecule has 6 heterocycles. The molecule has 43 heavy (non-hydrogen) atoms. The summed E-state index contributed by atoms with van der Waals surface area (Å²) in [6, 6.07) is 9.86. The molecule has 4 fully saturated rings. The Morgan fingerprint density at radius 1 is 1.07 bits per heavy atom. The van der Waals surface area contributed by atoms with Gasteiger partial charge in [0, 0.05) is 79.1 Å². The molecule has 228 valence electrons. The van der Waals surface area contributed by atoms with Crippen LogP contribution in [0.25, 0.3) is 10.8 Å². The first-order valence-electron chi connectivity index (χ1n) is 16.1. The van der Waals surface area contributed by atoms with Crippen molar-refractivity contribution in [2.75, 3.05) is 49.1 Å². The highest BCUT2D eigenvalue weighted by Gasteiger charge is 2.49.